The number of carbonyl (C=O) groups is 2. The predicted molar refractivity (Wildman–Crippen MR) is 130 cm³/mol. The van der Waals surface area contributed by atoms with Crippen LogP contribution in [0.1, 0.15) is 51.5 Å². The first kappa shape index (κ1) is 24.7. The van der Waals surface area contributed by atoms with Crippen molar-refractivity contribution in [2.45, 2.75) is 46.0 Å². The summed E-state index contributed by atoms with van der Waals surface area (Å²) in [6, 6.07) is 16.9. The molecule has 0 radical (unpaired) electrons. The lowest BCUT2D eigenvalue weighted by Gasteiger charge is -2.23. The van der Waals surface area contributed by atoms with Gasteiger partial charge in [0.15, 0.2) is 0 Å². The van der Waals surface area contributed by atoms with E-state index in [1.165, 1.54) is 0 Å². The minimum Gasteiger partial charge on any atom is -0.355 e. The molecule has 5 heteroatoms. The fourth-order valence-corrected chi connectivity index (χ4v) is 3.62. The average Bonchev–Trinajstić information content (AvgIpc) is 2.79. The van der Waals surface area contributed by atoms with E-state index in [0.29, 0.717) is 18.0 Å². The van der Waals surface area contributed by atoms with Gasteiger partial charge >= 0.3 is 0 Å². The van der Waals surface area contributed by atoms with Crippen molar-refractivity contribution in [2.24, 2.45) is 5.92 Å². The van der Waals surface area contributed by atoms with E-state index in [0.717, 1.165) is 42.5 Å². The van der Waals surface area contributed by atoms with Gasteiger partial charge in [0.2, 0.25) is 11.8 Å². The number of hydrogen-bond donors (Lipinski definition) is 1. The molecular weight excluding hydrogens is 408 g/mol. The van der Waals surface area contributed by atoms with Gasteiger partial charge in [-0.1, -0.05) is 81.1 Å². The van der Waals surface area contributed by atoms with Crippen LogP contribution in [-0.2, 0) is 9.59 Å². The number of carbonyl (C=O) groups excluding carboxylic acids is 2. The van der Waals surface area contributed by atoms with Gasteiger partial charge in [0, 0.05) is 24.3 Å². The van der Waals surface area contributed by atoms with Crippen molar-refractivity contribution in [3.8, 4) is 0 Å². The maximum atomic E-state index is 13.4. The Labute approximate surface area is 191 Å². The van der Waals surface area contributed by atoms with Crippen molar-refractivity contribution in [1.82, 2.24) is 5.32 Å². The SMILES string of the molecule is CCCCCCNC(=O)C(/C=C(\CC)c1cccc(Cl)c1)C(=O)N(C)c1ccccc1. The van der Waals surface area contributed by atoms with Crippen LogP contribution >= 0.6 is 11.6 Å². The molecule has 0 heterocycles. The van der Waals surface area contributed by atoms with Gasteiger partial charge in [0.25, 0.3) is 0 Å². The molecule has 0 aliphatic carbocycles. The zero-order valence-corrected chi connectivity index (χ0v) is 19.5. The second-order valence-electron chi connectivity index (χ2n) is 7.62. The number of amides is 2. The minimum atomic E-state index is -0.912. The molecule has 0 spiro atoms. The largest absolute Gasteiger partial charge is 0.355 e. The number of nitrogens with zero attached hydrogens (tertiary/aromatic N) is 1. The fraction of sp³-hybridized carbons (Fsp3) is 0.385. The van der Waals surface area contributed by atoms with Gasteiger partial charge in [0.05, 0.1) is 0 Å². The van der Waals surface area contributed by atoms with Crippen LogP contribution in [0.3, 0.4) is 0 Å². The standard InChI is InChI=1S/C26H33ClN2O2/c1-4-6-7-11-17-28-25(30)24(26(31)29(3)23-15-9-8-10-16-23)19-20(5-2)21-13-12-14-22(27)18-21/h8-10,12-16,18-19,24H,4-7,11,17H2,1-3H3,(H,28,30)/b20-19+. The Morgan fingerprint density at radius 2 is 1.77 bits per heavy atom. The van der Waals surface area contributed by atoms with Crippen molar-refractivity contribution in [1.29, 1.82) is 0 Å². The van der Waals surface area contributed by atoms with Crippen molar-refractivity contribution < 1.29 is 9.59 Å². The molecule has 0 fully saturated rings. The Morgan fingerprint density at radius 1 is 1.03 bits per heavy atom. The van der Waals surface area contributed by atoms with Crippen LogP contribution in [0.4, 0.5) is 5.69 Å². The molecule has 1 atom stereocenters. The molecule has 2 amide bonds. The lowest BCUT2D eigenvalue weighted by molar-refractivity contribution is -0.131. The molecular formula is C26H33ClN2O2. The zero-order valence-electron chi connectivity index (χ0n) is 18.7. The van der Waals surface area contributed by atoms with Gasteiger partial charge in [-0.25, -0.2) is 0 Å². The Morgan fingerprint density at radius 3 is 2.42 bits per heavy atom. The number of rotatable bonds is 11. The molecule has 4 nitrogen and oxygen atoms in total. The molecule has 166 valence electrons. The summed E-state index contributed by atoms with van der Waals surface area (Å²) in [7, 11) is 1.71. The van der Waals surface area contributed by atoms with Crippen LogP contribution in [0.5, 0.6) is 0 Å². The van der Waals surface area contributed by atoms with Gasteiger partial charge in [-0.3, -0.25) is 9.59 Å². The number of para-hydroxylation sites is 1. The molecule has 0 saturated heterocycles. The Kier molecular flexibility index (Phi) is 10.3. The first-order valence-electron chi connectivity index (χ1n) is 11.0. The smallest absolute Gasteiger partial charge is 0.243 e. The topological polar surface area (TPSA) is 49.4 Å². The molecule has 0 bridgehead atoms. The fourth-order valence-electron chi connectivity index (χ4n) is 3.43. The van der Waals surface area contributed by atoms with E-state index in [-0.39, 0.29) is 11.8 Å². The van der Waals surface area contributed by atoms with Crippen LogP contribution < -0.4 is 10.2 Å². The highest BCUT2D eigenvalue weighted by Gasteiger charge is 2.28. The molecule has 0 aliphatic rings. The highest BCUT2D eigenvalue weighted by molar-refractivity contribution is 6.30. The summed E-state index contributed by atoms with van der Waals surface area (Å²) in [5.41, 5.74) is 2.59. The third-order valence-corrected chi connectivity index (χ3v) is 5.53. The van der Waals surface area contributed by atoms with Gasteiger partial charge in [-0.2, -0.15) is 0 Å². The predicted octanol–water partition coefficient (Wildman–Crippen LogP) is 6.11. The highest BCUT2D eigenvalue weighted by atomic mass is 35.5. The molecule has 1 unspecified atom stereocenters. The second-order valence-corrected chi connectivity index (χ2v) is 8.05. The number of nitrogens with one attached hydrogen (secondary N) is 1. The summed E-state index contributed by atoms with van der Waals surface area (Å²) < 4.78 is 0. The third-order valence-electron chi connectivity index (χ3n) is 5.30. The van der Waals surface area contributed by atoms with E-state index < -0.39 is 5.92 Å². The summed E-state index contributed by atoms with van der Waals surface area (Å²) in [5, 5.41) is 3.59. The van der Waals surface area contributed by atoms with E-state index in [4.69, 9.17) is 11.6 Å². The van der Waals surface area contributed by atoms with E-state index in [1.54, 1.807) is 18.0 Å². The minimum absolute atomic E-state index is 0.259. The van der Waals surface area contributed by atoms with Gasteiger partial charge in [0.1, 0.15) is 5.92 Å². The molecule has 0 saturated carbocycles. The van der Waals surface area contributed by atoms with E-state index >= 15 is 0 Å². The maximum absolute atomic E-state index is 13.4. The van der Waals surface area contributed by atoms with Crippen LogP contribution in [0.2, 0.25) is 5.02 Å². The van der Waals surface area contributed by atoms with Crippen LogP contribution in [0, 0.1) is 5.92 Å². The molecule has 0 aliphatic heterocycles. The zero-order chi connectivity index (χ0) is 22.6. The maximum Gasteiger partial charge on any atom is 0.243 e. The monoisotopic (exact) mass is 440 g/mol. The second kappa shape index (κ2) is 13.0. The molecule has 0 aromatic heterocycles. The summed E-state index contributed by atoms with van der Waals surface area (Å²) in [4.78, 5) is 28.0. The van der Waals surface area contributed by atoms with Crippen molar-refractivity contribution in [2.75, 3.05) is 18.5 Å². The number of benzene rings is 2. The van der Waals surface area contributed by atoms with Crippen LogP contribution in [0.25, 0.3) is 5.57 Å². The van der Waals surface area contributed by atoms with Crippen LogP contribution in [0.15, 0.2) is 60.7 Å². The quantitative estimate of drug-likeness (QED) is 0.338. The van der Waals surface area contributed by atoms with Gasteiger partial charge in [-0.15, -0.1) is 0 Å². The van der Waals surface area contributed by atoms with Gasteiger partial charge < -0.3 is 10.2 Å². The molecule has 1 N–H and O–H groups in total. The number of hydrogen-bond acceptors (Lipinski definition) is 2. The van der Waals surface area contributed by atoms with E-state index in [9.17, 15) is 9.59 Å². The number of halogens is 1. The average molecular weight is 441 g/mol. The number of allylic oxidation sites excluding steroid dienone is 1. The molecule has 2 rings (SSSR count). The van der Waals surface area contributed by atoms with Crippen molar-refractivity contribution >= 4 is 34.7 Å². The molecule has 2 aromatic rings. The number of unbranched alkanes of at least 4 members (excludes halogenated alkanes) is 3. The summed E-state index contributed by atoms with van der Waals surface area (Å²) in [6.45, 7) is 4.74. The summed E-state index contributed by atoms with van der Waals surface area (Å²) in [5.74, 6) is -1.44. The van der Waals surface area contributed by atoms with E-state index in [1.807, 2.05) is 61.5 Å². The Balaban J connectivity index is 2.29. The third kappa shape index (κ3) is 7.55. The van der Waals surface area contributed by atoms with Crippen molar-refractivity contribution in [3.63, 3.8) is 0 Å². The first-order valence-corrected chi connectivity index (χ1v) is 11.4. The summed E-state index contributed by atoms with van der Waals surface area (Å²) >= 11 is 6.17. The normalized spacial score (nSPS) is 12.3. The Hall–Kier alpha value is -2.59. The van der Waals surface area contributed by atoms with Crippen LogP contribution in [-0.4, -0.2) is 25.4 Å². The summed E-state index contributed by atoms with van der Waals surface area (Å²) in [6.07, 6.45) is 6.73. The van der Waals surface area contributed by atoms with Gasteiger partial charge in [-0.05, 0) is 48.2 Å². The lowest BCUT2D eigenvalue weighted by atomic mass is 9.96. The molecule has 2 aromatic carbocycles. The highest BCUT2D eigenvalue weighted by Crippen LogP contribution is 2.25. The molecule has 31 heavy (non-hydrogen) atoms. The van der Waals surface area contributed by atoms with E-state index in [2.05, 4.69) is 12.2 Å². The first-order chi connectivity index (χ1) is 15.0. The van der Waals surface area contributed by atoms with Crippen molar-refractivity contribution in [3.05, 3.63) is 71.3 Å². The Bertz CT molecular complexity index is 880. The lowest BCUT2D eigenvalue weighted by Crippen LogP contribution is -2.42. The number of anilines is 1.